The lowest BCUT2D eigenvalue weighted by Crippen LogP contribution is -1.98. The van der Waals surface area contributed by atoms with Crippen molar-refractivity contribution in [3.8, 4) is 5.69 Å². The van der Waals surface area contributed by atoms with E-state index < -0.39 is 0 Å². The zero-order chi connectivity index (χ0) is 18.5. The number of nitrogens with zero attached hydrogens (tertiary/aromatic N) is 1. The van der Waals surface area contributed by atoms with E-state index >= 15 is 0 Å². The Morgan fingerprint density at radius 2 is 1.25 bits per heavy atom. The first-order chi connectivity index (χ1) is 13.9. The smallest absolute Gasteiger partial charge is 0.184 e. The van der Waals surface area contributed by atoms with E-state index in [0.29, 0.717) is 13.2 Å². The van der Waals surface area contributed by atoms with Crippen LogP contribution in [0.3, 0.4) is 0 Å². The Morgan fingerprint density at radius 1 is 0.643 bits per heavy atom. The number of hydrogen-bond acceptors (Lipinski definition) is 2. The minimum atomic E-state index is -0.235. The summed E-state index contributed by atoms with van der Waals surface area (Å²) in [5.74, 6) is 0. The Kier molecular flexibility index (Phi) is 3.51. The number of aromatic nitrogens is 1. The molecule has 6 rings (SSSR count). The summed E-state index contributed by atoms with van der Waals surface area (Å²) in [6, 6.07) is 30.3. The third-order valence-electron chi connectivity index (χ3n) is 5.58. The number of benzene rings is 4. The third-order valence-corrected chi connectivity index (χ3v) is 5.58. The maximum atomic E-state index is 5.64. The van der Waals surface area contributed by atoms with Crippen molar-refractivity contribution in [2.24, 2.45) is 0 Å². The average molecular weight is 365 g/mol. The Labute approximate surface area is 162 Å². The molecule has 0 N–H and O–H groups in total. The molecule has 0 unspecified atom stereocenters. The van der Waals surface area contributed by atoms with Gasteiger partial charge in [-0.15, -0.1) is 0 Å². The normalized spacial score (nSPS) is 15.1. The first kappa shape index (κ1) is 15.9. The molecule has 5 aromatic rings. The standard InChI is InChI=1S/C25H19NO2/c1-3-7-23-21(5-1)22-6-2-4-8-24(22)26(23)20-12-11-17-15-19(10-9-18(17)16-20)25-27-13-14-28-25/h1-12,15-16,25H,13-14H2. The van der Waals surface area contributed by atoms with E-state index in [4.69, 9.17) is 9.47 Å². The van der Waals surface area contributed by atoms with E-state index in [1.165, 1.54) is 38.3 Å². The molecule has 0 radical (unpaired) electrons. The predicted molar refractivity (Wildman–Crippen MR) is 113 cm³/mol. The lowest BCUT2D eigenvalue weighted by molar-refractivity contribution is -0.0440. The molecule has 3 heteroatoms. The van der Waals surface area contributed by atoms with Crippen LogP contribution in [0.1, 0.15) is 11.9 Å². The Balaban J connectivity index is 1.55. The van der Waals surface area contributed by atoms with E-state index in [0.717, 1.165) is 5.56 Å². The number of hydrogen-bond donors (Lipinski definition) is 0. The number of ether oxygens (including phenoxy) is 2. The summed E-state index contributed by atoms with van der Waals surface area (Å²) in [4.78, 5) is 0. The van der Waals surface area contributed by atoms with Crippen LogP contribution in [0.2, 0.25) is 0 Å². The Bertz CT molecular complexity index is 1280. The summed E-state index contributed by atoms with van der Waals surface area (Å²) in [6.45, 7) is 1.32. The highest BCUT2D eigenvalue weighted by Crippen LogP contribution is 2.33. The predicted octanol–water partition coefficient (Wildman–Crippen LogP) is 5.98. The van der Waals surface area contributed by atoms with Crippen molar-refractivity contribution in [3.05, 3.63) is 90.5 Å². The molecule has 0 spiro atoms. The molecule has 0 amide bonds. The summed E-state index contributed by atoms with van der Waals surface area (Å²) < 4.78 is 13.6. The van der Waals surface area contributed by atoms with Crippen LogP contribution in [0, 0.1) is 0 Å². The molecule has 1 fully saturated rings. The van der Waals surface area contributed by atoms with Gasteiger partial charge in [-0.3, -0.25) is 0 Å². The van der Waals surface area contributed by atoms with Gasteiger partial charge in [0.05, 0.1) is 24.2 Å². The second-order valence-corrected chi connectivity index (χ2v) is 7.23. The largest absolute Gasteiger partial charge is 0.346 e. The van der Waals surface area contributed by atoms with Crippen LogP contribution in [0.5, 0.6) is 0 Å². The van der Waals surface area contributed by atoms with Gasteiger partial charge in [0.2, 0.25) is 0 Å². The molecule has 0 saturated carbocycles. The van der Waals surface area contributed by atoms with Gasteiger partial charge >= 0.3 is 0 Å². The highest BCUT2D eigenvalue weighted by atomic mass is 16.7. The zero-order valence-corrected chi connectivity index (χ0v) is 15.3. The SMILES string of the molecule is c1ccc2c(c1)c1ccccc1n2-c1ccc2cc(C3OCCO3)ccc2c1. The van der Waals surface area contributed by atoms with Crippen LogP contribution >= 0.6 is 0 Å². The molecule has 0 atom stereocenters. The molecule has 3 nitrogen and oxygen atoms in total. The summed E-state index contributed by atoms with van der Waals surface area (Å²) in [6.07, 6.45) is -0.235. The Hall–Kier alpha value is -3.14. The van der Waals surface area contributed by atoms with E-state index in [1.54, 1.807) is 0 Å². The molecule has 1 aliphatic heterocycles. The van der Waals surface area contributed by atoms with E-state index in [1.807, 2.05) is 0 Å². The molecular formula is C25H19NO2. The van der Waals surface area contributed by atoms with Crippen LogP contribution in [-0.4, -0.2) is 17.8 Å². The van der Waals surface area contributed by atoms with Crippen molar-refractivity contribution >= 4 is 32.6 Å². The van der Waals surface area contributed by atoms with Crippen molar-refractivity contribution in [1.29, 1.82) is 0 Å². The highest BCUT2D eigenvalue weighted by Gasteiger charge is 2.18. The molecule has 1 aromatic heterocycles. The van der Waals surface area contributed by atoms with Gasteiger partial charge in [0, 0.05) is 22.0 Å². The van der Waals surface area contributed by atoms with Crippen molar-refractivity contribution < 1.29 is 9.47 Å². The number of rotatable bonds is 2. The first-order valence-corrected chi connectivity index (χ1v) is 9.64. The van der Waals surface area contributed by atoms with E-state index in [2.05, 4.69) is 89.5 Å². The Morgan fingerprint density at radius 3 is 1.96 bits per heavy atom. The second kappa shape index (κ2) is 6.20. The minimum absolute atomic E-state index is 0.235. The van der Waals surface area contributed by atoms with Crippen LogP contribution in [0.4, 0.5) is 0 Å². The molecular weight excluding hydrogens is 346 g/mol. The van der Waals surface area contributed by atoms with E-state index in [-0.39, 0.29) is 6.29 Å². The third kappa shape index (κ3) is 2.37. The number of para-hydroxylation sites is 2. The van der Waals surface area contributed by atoms with Crippen molar-refractivity contribution in [3.63, 3.8) is 0 Å². The minimum Gasteiger partial charge on any atom is -0.346 e. The van der Waals surface area contributed by atoms with Gasteiger partial charge in [0.25, 0.3) is 0 Å². The molecule has 1 aliphatic rings. The van der Waals surface area contributed by atoms with Crippen LogP contribution < -0.4 is 0 Å². The summed E-state index contributed by atoms with van der Waals surface area (Å²) in [5.41, 5.74) is 4.71. The highest BCUT2D eigenvalue weighted by molar-refractivity contribution is 6.09. The monoisotopic (exact) mass is 365 g/mol. The molecule has 28 heavy (non-hydrogen) atoms. The van der Waals surface area contributed by atoms with Gasteiger partial charge in [-0.1, -0.05) is 54.6 Å². The fourth-order valence-electron chi connectivity index (χ4n) is 4.29. The number of fused-ring (bicyclic) bond motifs is 4. The van der Waals surface area contributed by atoms with Gasteiger partial charge in [-0.05, 0) is 41.1 Å². The second-order valence-electron chi connectivity index (χ2n) is 7.23. The maximum absolute atomic E-state index is 5.64. The van der Waals surface area contributed by atoms with Gasteiger partial charge in [-0.25, -0.2) is 0 Å². The molecule has 0 aliphatic carbocycles. The summed E-state index contributed by atoms with van der Waals surface area (Å²) in [7, 11) is 0. The zero-order valence-electron chi connectivity index (χ0n) is 15.3. The average Bonchev–Trinajstić information content (AvgIpc) is 3.40. The fraction of sp³-hybridized carbons (Fsp3) is 0.120. The first-order valence-electron chi connectivity index (χ1n) is 9.64. The fourth-order valence-corrected chi connectivity index (χ4v) is 4.29. The van der Waals surface area contributed by atoms with E-state index in [9.17, 15) is 0 Å². The molecule has 1 saturated heterocycles. The lowest BCUT2D eigenvalue weighted by Gasteiger charge is -2.12. The lowest BCUT2D eigenvalue weighted by atomic mass is 10.1. The quantitative estimate of drug-likeness (QED) is 0.384. The summed E-state index contributed by atoms with van der Waals surface area (Å²) in [5, 5.41) is 4.97. The van der Waals surface area contributed by atoms with Gasteiger partial charge < -0.3 is 14.0 Å². The van der Waals surface area contributed by atoms with Crippen molar-refractivity contribution in [2.75, 3.05) is 13.2 Å². The van der Waals surface area contributed by atoms with Crippen LogP contribution in [-0.2, 0) is 9.47 Å². The summed E-state index contributed by atoms with van der Waals surface area (Å²) >= 11 is 0. The maximum Gasteiger partial charge on any atom is 0.184 e. The van der Waals surface area contributed by atoms with Crippen molar-refractivity contribution in [1.82, 2.24) is 4.57 Å². The van der Waals surface area contributed by atoms with Gasteiger partial charge in [0.15, 0.2) is 6.29 Å². The molecule has 4 aromatic carbocycles. The van der Waals surface area contributed by atoms with Crippen LogP contribution in [0.15, 0.2) is 84.9 Å². The van der Waals surface area contributed by atoms with Crippen LogP contribution in [0.25, 0.3) is 38.3 Å². The molecule has 136 valence electrons. The molecule has 0 bridgehead atoms. The van der Waals surface area contributed by atoms with Gasteiger partial charge in [-0.2, -0.15) is 0 Å². The van der Waals surface area contributed by atoms with Crippen molar-refractivity contribution in [2.45, 2.75) is 6.29 Å². The molecule has 2 heterocycles. The van der Waals surface area contributed by atoms with Gasteiger partial charge in [0.1, 0.15) is 0 Å². The topological polar surface area (TPSA) is 23.4 Å².